The Kier molecular flexibility index (Phi) is 7.55. The van der Waals surface area contributed by atoms with E-state index in [1.807, 2.05) is 0 Å². The molecule has 4 nitrogen and oxygen atoms in total. The molecule has 0 aliphatic heterocycles. The normalized spacial score (nSPS) is 10.4. The fraction of sp³-hybridized carbons (Fsp3) is 0.562. The van der Waals surface area contributed by atoms with Crippen LogP contribution in [0.15, 0.2) is 18.2 Å². The van der Waals surface area contributed by atoms with Gasteiger partial charge in [0.05, 0.1) is 0 Å². The van der Waals surface area contributed by atoms with Crippen LogP contribution in [-0.2, 0) is 4.79 Å². The van der Waals surface area contributed by atoms with E-state index in [1.54, 1.807) is 0 Å². The number of rotatable bonds is 9. The SMILES string of the molecule is CCCCCCCCCC(=O)Oc1cc(O)cc(O)c1. The van der Waals surface area contributed by atoms with Crippen LogP contribution in [-0.4, -0.2) is 16.2 Å². The summed E-state index contributed by atoms with van der Waals surface area (Å²) in [6.45, 7) is 2.19. The molecule has 1 rings (SSSR count). The second-order valence-corrected chi connectivity index (χ2v) is 5.03. The number of unbranched alkanes of at least 4 members (excludes halogenated alkanes) is 6. The van der Waals surface area contributed by atoms with Crippen LogP contribution < -0.4 is 4.74 Å². The quantitative estimate of drug-likeness (QED) is 0.405. The van der Waals surface area contributed by atoms with Crippen molar-refractivity contribution in [3.63, 3.8) is 0 Å². The molecule has 0 fully saturated rings. The Balaban J connectivity index is 2.17. The van der Waals surface area contributed by atoms with Crippen molar-refractivity contribution in [1.82, 2.24) is 0 Å². The van der Waals surface area contributed by atoms with Gasteiger partial charge in [0.15, 0.2) is 0 Å². The molecule has 0 aliphatic carbocycles. The molecule has 0 atom stereocenters. The number of ether oxygens (including phenoxy) is 1. The lowest BCUT2D eigenvalue weighted by molar-refractivity contribution is -0.134. The lowest BCUT2D eigenvalue weighted by Crippen LogP contribution is -2.07. The molecule has 4 heteroatoms. The highest BCUT2D eigenvalue weighted by molar-refractivity contribution is 5.72. The van der Waals surface area contributed by atoms with Crippen molar-refractivity contribution in [1.29, 1.82) is 0 Å². The lowest BCUT2D eigenvalue weighted by Gasteiger charge is -2.05. The van der Waals surface area contributed by atoms with Crippen LogP contribution in [0.4, 0.5) is 0 Å². The monoisotopic (exact) mass is 280 g/mol. The maximum Gasteiger partial charge on any atom is 0.311 e. The lowest BCUT2D eigenvalue weighted by atomic mass is 10.1. The predicted molar refractivity (Wildman–Crippen MR) is 78.0 cm³/mol. The second kappa shape index (κ2) is 9.23. The predicted octanol–water partition coefficient (Wildman–Crippen LogP) is 4.14. The highest BCUT2D eigenvalue weighted by Gasteiger charge is 2.07. The van der Waals surface area contributed by atoms with E-state index in [9.17, 15) is 15.0 Å². The van der Waals surface area contributed by atoms with Crippen LogP contribution in [0.25, 0.3) is 0 Å². The third-order valence-corrected chi connectivity index (χ3v) is 3.09. The van der Waals surface area contributed by atoms with Gasteiger partial charge in [-0.15, -0.1) is 0 Å². The highest BCUT2D eigenvalue weighted by atomic mass is 16.5. The molecule has 1 aromatic rings. The summed E-state index contributed by atoms with van der Waals surface area (Å²) in [7, 11) is 0. The second-order valence-electron chi connectivity index (χ2n) is 5.03. The summed E-state index contributed by atoms with van der Waals surface area (Å²) >= 11 is 0. The third-order valence-electron chi connectivity index (χ3n) is 3.09. The van der Waals surface area contributed by atoms with Crippen LogP contribution in [0, 0.1) is 0 Å². The van der Waals surface area contributed by atoms with E-state index in [2.05, 4.69) is 6.92 Å². The van der Waals surface area contributed by atoms with Crippen molar-refractivity contribution < 1.29 is 19.7 Å². The van der Waals surface area contributed by atoms with E-state index < -0.39 is 0 Å². The van der Waals surface area contributed by atoms with Crippen LogP contribution in [0.2, 0.25) is 0 Å². The van der Waals surface area contributed by atoms with Gasteiger partial charge in [0.25, 0.3) is 0 Å². The number of phenols is 2. The molecule has 0 aliphatic rings. The zero-order valence-electron chi connectivity index (χ0n) is 12.1. The maximum absolute atomic E-state index is 11.6. The number of esters is 1. The summed E-state index contributed by atoms with van der Waals surface area (Å²) in [6.07, 6.45) is 8.38. The Bertz CT molecular complexity index is 395. The molecular formula is C16H24O4. The average molecular weight is 280 g/mol. The third kappa shape index (κ3) is 7.02. The molecule has 0 saturated carbocycles. The van der Waals surface area contributed by atoms with Crippen LogP contribution in [0.1, 0.15) is 58.3 Å². The van der Waals surface area contributed by atoms with E-state index in [0.717, 1.165) is 19.3 Å². The molecule has 20 heavy (non-hydrogen) atoms. The van der Waals surface area contributed by atoms with E-state index in [-0.39, 0.29) is 23.2 Å². The number of phenolic OH excluding ortho intramolecular Hbond substituents is 2. The summed E-state index contributed by atoms with van der Waals surface area (Å²) in [5.74, 6) is -0.397. The molecule has 1 aromatic carbocycles. The van der Waals surface area contributed by atoms with Crippen molar-refractivity contribution in [2.45, 2.75) is 58.3 Å². The Morgan fingerprint density at radius 2 is 1.50 bits per heavy atom. The van der Waals surface area contributed by atoms with Gasteiger partial charge in [-0.25, -0.2) is 0 Å². The molecular weight excluding hydrogens is 256 g/mol. The number of carbonyl (C=O) groups is 1. The summed E-state index contributed by atoms with van der Waals surface area (Å²) in [5.41, 5.74) is 0. The Labute approximate surface area is 120 Å². The minimum Gasteiger partial charge on any atom is -0.508 e. The van der Waals surface area contributed by atoms with E-state index >= 15 is 0 Å². The molecule has 0 bridgehead atoms. The molecule has 0 heterocycles. The van der Waals surface area contributed by atoms with Gasteiger partial charge < -0.3 is 14.9 Å². The minimum atomic E-state index is -0.330. The smallest absolute Gasteiger partial charge is 0.311 e. The molecule has 0 spiro atoms. The van der Waals surface area contributed by atoms with Gasteiger partial charge in [0.1, 0.15) is 17.2 Å². The molecule has 2 N–H and O–H groups in total. The van der Waals surface area contributed by atoms with Crippen molar-refractivity contribution in [2.24, 2.45) is 0 Å². The van der Waals surface area contributed by atoms with Crippen molar-refractivity contribution >= 4 is 5.97 Å². The number of aromatic hydroxyl groups is 2. The zero-order valence-corrected chi connectivity index (χ0v) is 12.1. The Morgan fingerprint density at radius 1 is 0.950 bits per heavy atom. The largest absolute Gasteiger partial charge is 0.508 e. The van der Waals surface area contributed by atoms with Crippen molar-refractivity contribution in [3.8, 4) is 17.2 Å². The number of benzene rings is 1. The molecule has 0 radical (unpaired) electrons. The highest BCUT2D eigenvalue weighted by Crippen LogP contribution is 2.26. The summed E-state index contributed by atoms with van der Waals surface area (Å²) in [4.78, 5) is 11.6. The number of carbonyl (C=O) groups excluding carboxylic acids is 1. The average Bonchev–Trinajstić information content (AvgIpc) is 2.36. The number of hydrogen-bond donors (Lipinski definition) is 2. The van der Waals surface area contributed by atoms with Gasteiger partial charge in [0.2, 0.25) is 0 Å². The number of hydrogen-bond acceptors (Lipinski definition) is 4. The standard InChI is InChI=1S/C16H24O4/c1-2-3-4-5-6-7-8-9-16(19)20-15-11-13(17)10-14(18)12-15/h10-12,17-18H,2-9H2,1H3. The first-order valence-corrected chi connectivity index (χ1v) is 7.35. The van der Waals surface area contributed by atoms with E-state index in [4.69, 9.17) is 4.74 Å². The molecule has 0 aromatic heterocycles. The van der Waals surface area contributed by atoms with Crippen LogP contribution >= 0.6 is 0 Å². The Morgan fingerprint density at radius 3 is 2.10 bits per heavy atom. The first-order valence-electron chi connectivity index (χ1n) is 7.35. The fourth-order valence-electron chi connectivity index (χ4n) is 2.04. The summed E-state index contributed by atoms with van der Waals surface area (Å²) in [6, 6.07) is 3.80. The molecule has 0 amide bonds. The van der Waals surface area contributed by atoms with E-state index in [1.165, 1.54) is 43.9 Å². The first-order chi connectivity index (χ1) is 9.61. The van der Waals surface area contributed by atoms with Gasteiger partial charge in [-0.2, -0.15) is 0 Å². The van der Waals surface area contributed by atoms with E-state index in [0.29, 0.717) is 6.42 Å². The topological polar surface area (TPSA) is 66.8 Å². The summed E-state index contributed by atoms with van der Waals surface area (Å²) in [5, 5.41) is 18.5. The van der Waals surface area contributed by atoms with Gasteiger partial charge in [-0.3, -0.25) is 4.79 Å². The van der Waals surface area contributed by atoms with Crippen molar-refractivity contribution in [2.75, 3.05) is 0 Å². The summed E-state index contributed by atoms with van der Waals surface area (Å²) < 4.78 is 5.06. The van der Waals surface area contributed by atoms with Gasteiger partial charge in [-0.1, -0.05) is 45.4 Å². The molecule has 112 valence electrons. The van der Waals surface area contributed by atoms with Crippen LogP contribution in [0.5, 0.6) is 17.2 Å². The van der Waals surface area contributed by atoms with Crippen LogP contribution in [0.3, 0.4) is 0 Å². The molecule has 0 saturated heterocycles. The van der Waals surface area contributed by atoms with Gasteiger partial charge in [0, 0.05) is 24.6 Å². The first kappa shape index (κ1) is 16.3. The fourth-order valence-corrected chi connectivity index (χ4v) is 2.04. The Hall–Kier alpha value is -1.71. The molecule has 0 unspecified atom stereocenters. The zero-order chi connectivity index (χ0) is 14.8. The maximum atomic E-state index is 11.6. The van der Waals surface area contributed by atoms with Gasteiger partial charge >= 0.3 is 5.97 Å². The minimum absolute atomic E-state index is 0.122. The van der Waals surface area contributed by atoms with Gasteiger partial charge in [-0.05, 0) is 6.42 Å². The van der Waals surface area contributed by atoms with Crippen molar-refractivity contribution in [3.05, 3.63) is 18.2 Å².